The highest BCUT2D eigenvalue weighted by molar-refractivity contribution is 5.88. The van der Waals surface area contributed by atoms with Crippen molar-refractivity contribution in [1.82, 2.24) is 34.4 Å². The van der Waals surface area contributed by atoms with Gasteiger partial charge < -0.3 is 24.3 Å². The summed E-state index contributed by atoms with van der Waals surface area (Å²) in [5, 5.41) is 5.55. The molecule has 11 heteroatoms. The van der Waals surface area contributed by atoms with Gasteiger partial charge in [-0.2, -0.15) is 5.10 Å². The number of nitrogens with zero attached hydrogens (tertiary/aromatic N) is 8. The first-order valence-electron chi connectivity index (χ1n) is 15.9. The van der Waals surface area contributed by atoms with Crippen LogP contribution in [-0.2, 0) is 16.1 Å². The Balaban J connectivity index is 1.17. The summed E-state index contributed by atoms with van der Waals surface area (Å²) < 4.78 is 7.55. The quantitative estimate of drug-likeness (QED) is 0.308. The molecule has 44 heavy (non-hydrogen) atoms. The summed E-state index contributed by atoms with van der Waals surface area (Å²) in [7, 11) is 4.05. The van der Waals surface area contributed by atoms with Gasteiger partial charge in [0.25, 0.3) is 0 Å². The van der Waals surface area contributed by atoms with Gasteiger partial charge in [0, 0.05) is 51.2 Å². The molecule has 1 saturated carbocycles. The molecule has 0 bridgehead atoms. The number of amides is 2. The maximum Gasteiger partial charge on any atom is 0.246 e. The number of likely N-dealkylation sites (N-methyl/N-ethyl adjacent to an activating group) is 1. The first kappa shape index (κ1) is 31.4. The Labute approximate surface area is 260 Å². The predicted molar refractivity (Wildman–Crippen MR) is 172 cm³/mol. The van der Waals surface area contributed by atoms with Gasteiger partial charge in [-0.3, -0.25) is 9.59 Å². The van der Waals surface area contributed by atoms with Crippen LogP contribution < -0.4 is 9.64 Å². The van der Waals surface area contributed by atoms with E-state index < -0.39 is 0 Å². The van der Waals surface area contributed by atoms with Gasteiger partial charge in [-0.1, -0.05) is 18.2 Å². The number of fused-ring (bicyclic) bond motifs is 1. The zero-order valence-corrected chi connectivity index (χ0v) is 26.6. The van der Waals surface area contributed by atoms with Crippen molar-refractivity contribution in [2.24, 2.45) is 5.92 Å². The summed E-state index contributed by atoms with van der Waals surface area (Å²) in [6, 6.07) is 8.23. The Bertz CT molecular complexity index is 1440. The van der Waals surface area contributed by atoms with Crippen molar-refractivity contribution in [3.8, 4) is 5.75 Å². The zero-order chi connectivity index (χ0) is 31.1. The minimum absolute atomic E-state index is 0.0236. The number of aromatic nitrogens is 4. The molecule has 11 nitrogen and oxygen atoms in total. The van der Waals surface area contributed by atoms with Crippen molar-refractivity contribution < 1.29 is 14.3 Å². The lowest BCUT2D eigenvalue weighted by Gasteiger charge is -2.40. The standard InChI is InChI=1S/C33H46N8O3/c1-5-8-30(42)40(20-15-37(3)4)27-13-11-26(12-14-27)33(43)39-18-16-38(17-19-39)31-29-22-36-41(32(29)35-24-34-31)23-25-9-7-10-28(21-25)44-6-2/h5,7-10,21-22,24,26-27H,6,11-20,23H2,1-4H3/t26-,27-. The Hall–Kier alpha value is -3.99. The zero-order valence-electron chi connectivity index (χ0n) is 26.6. The highest BCUT2D eigenvalue weighted by Gasteiger charge is 2.34. The molecule has 3 heterocycles. The molecule has 1 aliphatic heterocycles. The van der Waals surface area contributed by atoms with E-state index in [9.17, 15) is 9.59 Å². The maximum absolute atomic E-state index is 13.5. The lowest BCUT2D eigenvalue weighted by molar-refractivity contribution is -0.137. The summed E-state index contributed by atoms with van der Waals surface area (Å²) in [6.07, 6.45) is 10.3. The molecule has 3 aromatic rings. The fraction of sp³-hybridized carbons (Fsp3) is 0.545. The van der Waals surface area contributed by atoms with Gasteiger partial charge in [-0.15, -0.1) is 0 Å². The lowest BCUT2D eigenvalue weighted by atomic mass is 9.84. The lowest BCUT2D eigenvalue weighted by Crippen LogP contribution is -2.52. The number of allylic oxidation sites excluding steroid dienone is 1. The van der Waals surface area contributed by atoms with Crippen LogP contribution in [0.25, 0.3) is 11.0 Å². The Morgan fingerprint density at radius 1 is 1.05 bits per heavy atom. The Kier molecular flexibility index (Phi) is 10.5. The third-order valence-corrected chi connectivity index (χ3v) is 8.71. The van der Waals surface area contributed by atoms with Crippen LogP contribution >= 0.6 is 0 Å². The molecule has 1 aliphatic carbocycles. The van der Waals surface area contributed by atoms with Crippen molar-refractivity contribution in [2.45, 2.75) is 52.1 Å². The van der Waals surface area contributed by atoms with Crippen molar-refractivity contribution in [2.75, 3.05) is 64.9 Å². The average molecular weight is 603 g/mol. The molecule has 1 aromatic carbocycles. The molecule has 2 amide bonds. The molecular formula is C33H46N8O3. The number of piperazine rings is 1. The summed E-state index contributed by atoms with van der Waals surface area (Å²) in [4.78, 5) is 43.9. The van der Waals surface area contributed by atoms with E-state index in [0.29, 0.717) is 45.9 Å². The van der Waals surface area contributed by atoms with Crippen LogP contribution in [0.3, 0.4) is 0 Å². The van der Waals surface area contributed by atoms with E-state index in [1.165, 1.54) is 0 Å². The van der Waals surface area contributed by atoms with Gasteiger partial charge in [0.15, 0.2) is 5.65 Å². The second kappa shape index (κ2) is 14.7. The SMILES string of the molecule is CC=CC(=O)N(CCN(C)C)[C@H]1CC[C@H](C(=O)N2CCN(c3ncnc4c3cnn4Cc3cccc(OCC)c3)CC2)CC1. The number of anilines is 1. The number of benzene rings is 1. The van der Waals surface area contributed by atoms with Gasteiger partial charge in [-0.05, 0) is 77.4 Å². The molecule has 2 fully saturated rings. The van der Waals surface area contributed by atoms with Crippen LogP contribution in [0.1, 0.15) is 45.1 Å². The highest BCUT2D eigenvalue weighted by atomic mass is 16.5. The third-order valence-electron chi connectivity index (χ3n) is 8.71. The summed E-state index contributed by atoms with van der Waals surface area (Å²) in [5.74, 6) is 2.05. The van der Waals surface area contributed by atoms with Gasteiger partial charge in [0.1, 0.15) is 17.9 Å². The number of rotatable bonds is 11. The maximum atomic E-state index is 13.5. The fourth-order valence-corrected chi connectivity index (χ4v) is 6.37. The molecule has 0 unspecified atom stereocenters. The minimum atomic E-state index is 0.0236. The monoisotopic (exact) mass is 602 g/mol. The average Bonchev–Trinajstić information content (AvgIpc) is 3.44. The van der Waals surface area contributed by atoms with E-state index in [1.807, 2.05) is 72.9 Å². The van der Waals surface area contributed by atoms with Crippen LogP contribution in [0, 0.1) is 5.92 Å². The summed E-state index contributed by atoms with van der Waals surface area (Å²) in [6.45, 7) is 9.35. The van der Waals surface area contributed by atoms with E-state index in [4.69, 9.17) is 4.74 Å². The van der Waals surface area contributed by atoms with Crippen molar-refractivity contribution in [3.63, 3.8) is 0 Å². The third kappa shape index (κ3) is 7.38. The van der Waals surface area contributed by atoms with Gasteiger partial charge in [0.05, 0.1) is 24.7 Å². The second-order valence-corrected chi connectivity index (χ2v) is 12.0. The molecule has 0 spiro atoms. The first-order valence-corrected chi connectivity index (χ1v) is 15.9. The molecule has 0 N–H and O–H groups in total. The van der Waals surface area contributed by atoms with Crippen LogP contribution in [0.4, 0.5) is 5.82 Å². The largest absolute Gasteiger partial charge is 0.494 e. The minimum Gasteiger partial charge on any atom is -0.494 e. The van der Waals surface area contributed by atoms with Crippen LogP contribution in [-0.4, -0.2) is 112 Å². The molecule has 0 radical (unpaired) electrons. The van der Waals surface area contributed by atoms with Crippen LogP contribution in [0.5, 0.6) is 5.75 Å². The Morgan fingerprint density at radius 2 is 1.82 bits per heavy atom. The summed E-state index contributed by atoms with van der Waals surface area (Å²) in [5.41, 5.74) is 1.88. The predicted octanol–water partition coefficient (Wildman–Crippen LogP) is 3.45. The van der Waals surface area contributed by atoms with E-state index in [1.54, 1.807) is 12.4 Å². The van der Waals surface area contributed by atoms with Crippen molar-refractivity contribution in [1.29, 1.82) is 0 Å². The molecule has 2 aliphatic rings. The molecule has 236 valence electrons. The first-order chi connectivity index (χ1) is 21.4. The Morgan fingerprint density at radius 3 is 2.52 bits per heavy atom. The van der Waals surface area contributed by atoms with Crippen molar-refractivity contribution in [3.05, 3.63) is 54.5 Å². The molecule has 2 aromatic heterocycles. The number of hydrogen-bond donors (Lipinski definition) is 0. The van der Waals surface area contributed by atoms with E-state index in [0.717, 1.165) is 60.4 Å². The molecule has 5 rings (SSSR count). The van der Waals surface area contributed by atoms with Gasteiger partial charge >= 0.3 is 0 Å². The van der Waals surface area contributed by atoms with E-state index in [2.05, 4.69) is 30.9 Å². The van der Waals surface area contributed by atoms with E-state index in [-0.39, 0.29) is 23.8 Å². The number of carbonyl (C=O) groups is 2. The van der Waals surface area contributed by atoms with Crippen LogP contribution in [0.15, 0.2) is 48.9 Å². The number of hydrogen-bond acceptors (Lipinski definition) is 8. The van der Waals surface area contributed by atoms with Crippen molar-refractivity contribution >= 4 is 28.7 Å². The number of carbonyl (C=O) groups excluding carboxylic acids is 2. The smallest absolute Gasteiger partial charge is 0.246 e. The van der Waals surface area contributed by atoms with Gasteiger partial charge in [0.2, 0.25) is 11.8 Å². The molecule has 0 atom stereocenters. The summed E-state index contributed by atoms with van der Waals surface area (Å²) >= 11 is 0. The normalized spacial score (nSPS) is 19.2. The topological polar surface area (TPSA) is 99.9 Å². The molecular weight excluding hydrogens is 556 g/mol. The molecule has 1 saturated heterocycles. The van der Waals surface area contributed by atoms with Gasteiger partial charge in [-0.25, -0.2) is 14.6 Å². The fourth-order valence-electron chi connectivity index (χ4n) is 6.37. The van der Waals surface area contributed by atoms with E-state index >= 15 is 0 Å². The second-order valence-electron chi connectivity index (χ2n) is 12.0. The number of ether oxygens (including phenoxy) is 1. The highest BCUT2D eigenvalue weighted by Crippen LogP contribution is 2.31. The van der Waals surface area contributed by atoms with Crippen LogP contribution in [0.2, 0.25) is 0 Å².